The molecule has 0 saturated heterocycles. The van der Waals surface area contributed by atoms with Crippen molar-refractivity contribution in [2.45, 2.75) is 18.7 Å². The van der Waals surface area contributed by atoms with Crippen molar-refractivity contribution < 1.29 is 13.2 Å². The molecule has 2 aromatic heterocycles. The van der Waals surface area contributed by atoms with Gasteiger partial charge in [-0.25, -0.2) is 13.4 Å². The van der Waals surface area contributed by atoms with Crippen molar-refractivity contribution in [3.8, 4) is 0 Å². The number of fused-ring (bicyclic) bond motifs is 1. The lowest BCUT2D eigenvalue weighted by atomic mass is 10.2. The van der Waals surface area contributed by atoms with Crippen LogP contribution in [0.1, 0.15) is 24.2 Å². The summed E-state index contributed by atoms with van der Waals surface area (Å²) in [6.45, 7) is 4.30. The van der Waals surface area contributed by atoms with Crippen molar-refractivity contribution in [2.24, 2.45) is 0 Å². The summed E-state index contributed by atoms with van der Waals surface area (Å²) in [6, 6.07) is 1.50. The van der Waals surface area contributed by atoms with Gasteiger partial charge < -0.3 is 4.98 Å². The number of nitrogens with zero attached hydrogens (tertiary/aromatic N) is 2. The van der Waals surface area contributed by atoms with Gasteiger partial charge in [-0.05, 0) is 6.07 Å². The number of hydrogen-bond donors (Lipinski definition) is 1. The number of nitrogens with one attached hydrogen (secondary N) is 1. The van der Waals surface area contributed by atoms with E-state index in [4.69, 9.17) is 0 Å². The predicted octanol–water partition coefficient (Wildman–Crippen LogP) is 1.41. The summed E-state index contributed by atoms with van der Waals surface area (Å²) in [5, 5.41) is 0.351. The van der Waals surface area contributed by atoms with Gasteiger partial charge in [0.2, 0.25) is 10.0 Å². The molecule has 0 atom stereocenters. The first-order chi connectivity index (χ1) is 9.06. The number of aldehydes is 1. The van der Waals surface area contributed by atoms with Gasteiger partial charge in [0, 0.05) is 36.4 Å². The topological polar surface area (TPSA) is 83.1 Å². The van der Waals surface area contributed by atoms with Crippen LogP contribution < -0.4 is 0 Å². The van der Waals surface area contributed by atoms with Crippen molar-refractivity contribution in [1.82, 2.24) is 14.3 Å². The van der Waals surface area contributed by atoms with Crippen molar-refractivity contribution in [3.63, 3.8) is 0 Å². The maximum atomic E-state index is 12.5. The minimum absolute atomic E-state index is 0.0985. The highest BCUT2D eigenvalue weighted by molar-refractivity contribution is 7.89. The number of carbonyl (C=O) groups is 1. The molecule has 0 unspecified atom stereocenters. The molecule has 0 aliphatic rings. The van der Waals surface area contributed by atoms with Crippen LogP contribution >= 0.6 is 0 Å². The molecule has 2 aromatic rings. The van der Waals surface area contributed by atoms with Gasteiger partial charge in [0.1, 0.15) is 10.5 Å². The van der Waals surface area contributed by atoms with Crippen LogP contribution in [0.5, 0.6) is 0 Å². The standard InChI is InChI=1S/C12H15N3O3S/c1-3-15(4-2)19(17,18)10-7-14-12-11(10)9(8-16)5-6-13-12/h5-8H,3-4H2,1-2H3,(H,13,14). The van der Waals surface area contributed by atoms with E-state index in [-0.39, 0.29) is 4.90 Å². The second-order valence-corrected chi connectivity index (χ2v) is 5.89. The quantitative estimate of drug-likeness (QED) is 0.840. The van der Waals surface area contributed by atoms with Gasteiger partial charge in [0.05, 0.1) is 0 Å². The summed E-state index contributed by atoms with van der Waals surface area (Å²) in [4.78, 5) is 18.0. The molecule has 0 fully saturated rings. The lowest BCUT2D eigenvalue weighted by molar-refractivity contribution is 0.112. The molecular formula is C12H15N3O3S. The van der Waals surface area contributed by atoms with Gasteiger partial charge in [-0.15, -0.1) is 0 Å². The number of aromatic nitrogens is 2. The molecular weight excluding hydrogens is 266 g/mol. The molecule has 0 saturated carbocycles. The lowest BCUT2D eigenvalue weighted by Gasteiger charge is -2.17. The van der Waals surface area contributed by atoms with Crippen molar-refractivity contribution in [1.29, 1.82) is 0 Å². The highest BCUT2D eigenvalue weighted by Crippen LogP contribution is 2.26. The van der Waals surface area contributed by atoms with E-state index in [9.17, 15) is 13.2 Å². The molecule has 0 aromatic carbocycles. The molecule has 0 aliphatic heterocycles. The summed E-state index contributed by atoms with van der Waals surface area (Å²) in [5.41, 5.74) is 0.715. The summed E-state index contributed by atoms with van der Waals surface area (Å²) in [6.07, 6.45) is 3.49. The number of sulfonamides is 1. The Hall–Kier alpha value is -1.73. The minimum Gasteiger partial charge on any atom is -0.345 e. The van der Waals surface area contributed by atoms with Crippen molar-refractivity contribution >= 4 is 27.3 Å². The Morgan fingerprint density at radius 3 is 2.63 bits per heavy atom. The fourth-order valence-corrected chi connectivity index (χ4v) is 3.69. The van der Waals surface area contributed by atoms with E-state index in [2.05, 4.69) is 9.97 Å². The van der Waals surface area contributed by atoms with Crippen LogP contribution in [0.4, 0.5) is 0 Å². The number of aromatic amines is 1. The Kier molecular flexibility index (Phi) is 3.68. The van der Waals surface area contributed by atoms with Gasteiger partial charge in [-0.3, -0.25) is 4.79 Å². The van der Waals surface area contributed by atoms with E-state index in [0.29, 0.717) is 36.0 Å². The van der Waals surface area contributed by atoms with E-state index < -0.39 is 10.0 Å². The first-order valence-electron chi connectivity index (χ1n) is 5.97. The second kappa shape index (κ2) is 5.10. The fourth-order valence-electron chi connectivity index (χ4n) is 2.06. The zero-order valence-corrected chi connectivity index (χ0v) is 11.6. The highest BCUT2D eigenvalue weighted by atomic mass is 32.2. The third kappa shape index (κ3) is 2.15. The minimum atomic E-state index is -3.61. The molecule has 0 radical (unpaired) electrons. The molecule has 0 spiro atoms. The molecule has 0 aliphatic carbocycles. The molecule has 102 valence electrons. The normalized spacial score (nSPS) is 12.2. The Bertz CT molecular complexity index is 702. The number of pyridine rings is 1. The number of rotatable bonds is 5. The van der Waals surface area contributed by atoms with Gasteiger partial charge in [-0.2, -0.15) is 4.31 Å². The highest BCUT2D eigenvalue weighted by Gasteiger charge is 2.26. The Balaban J connectivity index is 2.73. The predicted molar refractivity (Wildman–Crippen MR) is 71.6 cm³/mol. The summed E-state index contributed by atoms with van der Waals surface area (Å²) in [7, 11) is -3.61. The molecule has 1 N–H and O–H groups in total. The Morgan fingerprint density at radius 1 is 1.37 bits per heavy atom. The number of hydrogen-bond acceptors (Lipinski definition) is 4. The molecule has 0 amide bonds. The molecule has 2 heterocycles. The largest absolute Gasteiger partial charge is 0.345 e. The van der Waals surface area contributed by atoms with E-state index in [0.717, 1.165) is 0 Å². The van der Waals surface area contributed by atoms with Gasteiger partial charge in [-0.1, -0.05) is 13.8 Å². The van der Waals surface area contributed by atoms with Gasteiger partial charge in [0.15, 0.2) is 6.29 Å². The van der Waals surface area contributed by atoms with E-state index >= 15 is 0 Å². The number of carbonyl (C=O) groups excluding carboxylic acids is 1. The first kappa shape index (κ1) is 13.7. The van der Waals surface area contributed by atoms with Crippen LogP contribution in [0.3, 0.4) is 0 Å². The Morgan fingerprint density at radius 2 is 2.05 bits per heavy atom. The van der Waals surface area contributed by atoms with Crippen LogP contribution in [-0.4, -0.2) is 42.1 Å². The van der Waals surface area contributed by atoms with Crippen LogP contribution in [0.15, 0.2) is 23.4 Å². The van der Waals surface area contributed by atoms with Crippen molar-refractivity contribution in [2.75, 3.05) is 13.1 Å². The van der Waals surface area contributed by atoms with E-state index in [1.54, 1.807) is 13.8 Å². The Labute approximate surface area is 111 Å². The number of H-pyrrole nitrogens is 1. The van der Waals surface area contributed by atoms with Crippen LogP contribution in [0.2, 0.25) is 0 Å². The monoisotopic (exact) mass is 281 g/mol. The maximum Gasteiger partial charge on any atom is 0.245 e. The van der Waals surface area contributed by atoms with Crippen LogP contribution in [0, 0.1) is 0 Å². The van der Waals surface area contributed by atoms with Crippen LogP contribution in [0.25, 0.3) is 11.0 Å². The third-order valence-corrected chi connectivity index (χ3v) is 5.09. The molecule has 19 heavy (non-hydrogen) atoms. The molecule has 7 heteroatoms. The SMILES string of the molecule is CCN(CC)S(=O)(=O)c1c[nH]c2nccc(C=O)c12. The fraction of sp³-hybridized carbons (Fsp3) is 0.333. The first-order valence-corrected chi connectivity index (χ1v) is 7.41. The second-order valence-electron chi connectivity index (χ2n) is 3.98. The maximum absolute atomic E-state index is 12.5. The van der Waals surface area contributed by atoms with Gasteiger partial charge in [0.25, 0.3) is 0 Å². The van der Waals surface area contributed by atoms with Crippen molar-refractivity contribution in [3.05, 3.63) is 24.0 Å². The molecule has 2 rings (SSSR count). The summed E-state index contributed by atoms with van der Waals surface area (Å²) < 4.78 is 26.3. The zero-order chi connectivity index (χ0) is 14.0. The molecule has 6 nitrogen and oxygen atoms in total. The summed E-state index contributed by atoms with van der Waals surface area (Å²) >= 11 is 0. The molecule has 0 bridgehead atoms. The van der Waals surface area contributed by atoms with E-state index in [1.165, 1.54) is 22.8 Å². The van der Waals surface area contributed by atoms with Gasteiger partial charge >= 0.3 is 0 Å². The summed E-state index contributed by atoms with van der Waals surface area (Å²) in [5.74, 6) is 0. The third-order valence-electron chi connectivity index (χ3n) is 3.02. The van der Waals surface area contributed by atoms with E-state index in [1.807, 2.05) is 0 Å². The van der Waals surface area contributed by atoms with Crippen LogP contribution in [-0.2, 0) is 10.0 Å². The lowest BCUT2D eigenvalue weighted by Crippen LogP contribution is -2.30. The average Bonchev–Trinajstić information content (AvgIpc) is 2.84. The zero-order valence-electron chi connectivity index (χ0n) is 10.8. The smallest absolute Gasteiger partial charge is 0.245 e. The average molecular weight is 281 g/mol.